The maximum absolute atomic E-state index is 12.0. The smallest absolute Gasteiger partial charge is 0.279 e. The van der Waals surface area contributed by atoms with Gasteiger partial charge in [-0.25, -0.2) is 0 Å². The van der Waals surface area contributed by atoms with Crippen molar-refractivity contribution in [1.82, 2.24) is 10.9 Å². The van der Waals surface area contributed by atoms with Gasteiger partial charge in [-0.1, -0.05) is 31.4 Å². The molecule has 6 nitrogen and oxygen atoms in total. The summed E-state index contributed by atoms with van der Waals surface area (Å²) in [6.45, 7) is 1.62. The van der Waals surface area contributed by atoms with Crippen LogP contribution in [0.25, 0.3) is 0 Å². The zero-order valence-electron chi connectivity index (χ0n) is 13.6. The number of carbonyl (C=O) groups is 2. The molecule has 1 aromatic carbocycles. The molecule has 1 aliphatic carbocycles. The number of para-hydroxylation sites is 2. The standard InChI is InChI=1S/C17H24N2O4/c1-12(23-15-11-7-6-10-14(15)22-2)16(20)18-19-17(21)13-8-4-3-5-9-13/h6-7,10-13H,3-5,8-9H2,1-2H3,(H,18,20)(H,19,21). The highest BCUT2D eigenvalue weighted by Gasteiger charge is 2.22. The Hall–Kier alpha value is -2.24. The van der Waals surface area contributed by atoms with Crippen molar-refractivity contribution in [1.29, 1.82) is 0 Å². The van der Waals surface area contributed by atoms with E-state index in [2.05, 4.69) is 10.9 Å². The number of ether oxygens (including phenoxy) is 2. The Morgan fingerprint density at radius 1 is 1.09 bits per heavy atom. The van der Waals surface area contributed by atoms with E-state index in [1.54, 1.807) is 25.1 Å². The number of methoxy groups -OCH3 is 1. The van der Waals surface area contributed by atoms with Gasteiger partial charge in [-0.15, -0.1) is 0 Å². The lowest BCUT2D eigenvalue weighted by Crippen LogP contribution is -2.49. The highest BCUT2D eigenvalue weighted by atomic mass is 16.5. The van der Waals surface area contributed by atoms with E-state index in [9.17, 15) is 9.59 Å². The molecule has 0 heterocycles. The van der Waals surface area contributed by atoms with Gasteiger partial charge in [0.05, 0.1) is 7.11 Å². The van der Waals surface area contributed by atoms with Gasteiger partial charge in [0.1, 0.15) is 0 Å². The number of rotatable bonds is 5. The Kier molecular flexibility index (Phi) is 6.26. The van der Waals surface area contributed by atoms with Crippen molar-refractivity contribution in [2.75, 3.05) is 7.11 Å². The van der Waals surface area contributed by atoms with Crippen LogP contribution in [-0.4, -0.2) is 25.0 Å². The molecule has 0 radical (unpaired) electrons. The molecule has 1 aliphatic rings. The zero-order chi connectivity index (χ0) is 16.7. The van der Waals surface area contributed by atoms with E-state index in [-0.39, 0.29) is 11.8 Å². The van der Waals surface area contributed by atoms with E-state index < -0.39 is 12.0 Å². The maximum atomic E-state index is 12.0. The lowest BCUT2D eigenvalue weighted by atomic mass is 9.89. The molecule has 2 N–H and O–H groups in total. The summed E-state index contributed by atoms with van der Waals surface area (Å²) in [5, 5.41) is 0. The lowest BCUT2D eigenvalue weighted by Gasteiger charge is -2.22. The highest BCUT2D eigenvalue weighted by molar-refractivity contribution is 5.85. The second-order valence-corrected chi connectivity index (χ2v) is 5.72. The average Bonchev–Trinajstić information content (AvgIpc) is 2.60. The Morgan fingerprint density at radius 3 is 2.39 bits per heavy atom. The van der Waals surface area contributed by atoms with Gasteiger partial charge in [0, 0.05) is 5.92 Å². The Balaban J connectivity index is 1.81. The number of carbonyl (C=O) groups excluding carboxylic acids is 2. The zero-order valence-corrected chi connectivity index (χ0v) is 13.6. The number of hydrogen-bond donors (Lipinski definition) is 2. The Labute approximate surface area is 136 Å². The molecule has 2 amide bonds. The van der Waals surface area contributed by atoms with Crippen LogP contribution in [0, 0.1) is 5.92 Å². The fourth-order valence-corrected chi connectivity index (χ4v) is 2.65. The summed E-state index contributed by atoms with van der Waals surface area (Å²) in [5.41, 5.74) is 4.93. The number of hydrogen-bond acceptors (Lipinski definition) is 4. The predicted octanol–water partition coefficient (Wildman–Crippen LogP) is 2.19. The fourth-order valence-electron chi connectivity index (χ4n) is 2.65. The largest absolute Gasteiger partial charge is 0.493 e. The minimum atomic E-state index is -0.752. The van der Waals surface area contributed by atoms with Crippen LogP contribution in [0.15, 0.2) is 24.3 Å². The highest BCUT2D eigenvalue weighted by Crippen LogP contribution is 2.26. The number of benzene rings is 1. The van der Waals surface area contributed by atoms with E-state index in [0.29, 0.717) is 11.5 Å². The molecule has 1 fully saturated rings. The van der Waals surface area contributed by atoms with Crippen LogP contribution in [0.2, 0.25) is 0 Å². The van der Waals surface area contributed by atoms with Crippen molar-refractivity contribution >= 4 is 11.8 Å². The van der Waals surface area contributed by atoms with Crippen molar-refractivity contribution in [3.05, 3.63) is 24.3 Å². The molecule has 1 aromatic rings. The first kappa shape index (κ1) is 17.1. The van der Waals surface area contributed by atoms with E-state index in [0.717, 1.165) is 25.7 Å². The molecule has 0 spiro atoms. The minimum Gasteiger partial charge on any atom is -0.493 e. The summed E-state index contributed by atoms with van der Waals surface area (Å²) >= 11 is 0. The van der Waals surface area contributed by atoms with Gasteiger partial charge >= 0.3 is 0 Å². The number of amides is 2. The van der Waals surface area contributed by atoms with Crippen LogP contribution >= 0.6 is 0 Å². The minimum absolute atomic E-state index is 0.00510. The molecule has 6 heteroatoms. The SMILES string of the molecule is COc1ccccc1OC(C)C(=O)NNC(=O)C1CCCCC1. The van der Waals surface area contributed by atoms with Crippen LogP contribution < -0.4 is 20.3 Å². The third-order valence-electron chi connectivity index (χ3n) is 4.03. The second kappa shape index (κ2) is 8.41. The molecule has 0 saturated heterocycles. The molecule has 0 bridgehead atoms. The van der Waals surface area contributed by atoms with Crippen molar-refractivity contribution in [2.45, 2.75) is 45.1 Å². The van der Waals surface area contributed by atoms with E-state index >= 15 is 0 Å². The van der Waals surface area contributed by atoms with Crippen LogP contribution in [0.5, 0.6) is 11.5 Å². The first-order valence-electron chi connectivity index (χ1n) is 8.01. The van der Waals surface area contributed by atoms with Crippen LogP contribution in [0.4, 0.5) is 0 Å². The summed E-state index contributed by atoms with van der Waals surface area (Å²) in [4.78, 5) is 24.0. The molecular weight excluding hydrogens is 296 g/mol. The van der Waals surface area contributed by atoms with Gasteiger partial charge in [-0.2, -0.15) is 0 Å². The molecule has 1 unspecified atom stereocenters. The predicted molar refractivity (Wildman–Crippen MR) is 85.9 cm³/mol. The Morgan fingerprint density at radius 2 is 1.74 bits per heavy atom. The molecule has 126 valence electrons. The third kappa shape index (κ3) is 4.87. The topological polar surface area (TPSA) is 76.7 Å². The summed E-state index contributed by atoms with van der Waals surface area (Å²) in [7, 11) is 1.54. The summed E-state index contributed by atoms with van der Waals surface area (Å²) in [6.07, 6.45) is 4.33. The lowest BCUT2D eigenvalue weighted by molar-refractivity contribution is -0.134. The van der Waals surface area contributed by atoms with Crippen molar-refractivity contribution < 1.29 is 19.1 Å². The van der Waals surface area contributed by atoms with Crippen molar-refractivity contribution in [3.8, 4) is 11.5 Å². The van der Waals surface area contributed by atoms with E-state index in [1.165, 1.54) is 13.5 Å². The third-order valence-corrected chi connectivity index (χ3v) is 4.03. The molecular formula is C17H24N2O4. The molecule has 23 heavy (non-hydrogen) atoms. The quantitative estimate of drug-likeness (QED) is 0.815. The van der Waals surface area contributed by atoms with E-state index in [1.807, 2.05) is 6.07 Å². The second-order valence-electron chi connectivity index (χ2n) is 5.72. The fraction of sp³-hybridized carbons (Fsp3) is 0.529. The Bertz CT molecular complexity index is 541. The van der Waals surface area contributed by atoms with Gasteiger partial charge in [-0.05, 0) is 31.9 Å². The number of hydrazine groups is 1. The van der Waals surface area contributed by atoms with Gasteiger partial charge in [0.15, 0.2) is 17.6 Å². The number of nitrogens with one attached hydrogen (secondary N) is 2. The summed E-state index contributed by atoms with van der Waals surface area (Å²) in [6, 6.07) is 7.10. The van der Waals surface area contributed by atoms with Crippen LogP contribution in [-0.2, 0) is 9.59 Å². The van der Waals surface area contributed by atoms with Crippen molar-refractivity contribution in [3.63, 3.8) is 0 Å². The van der Waals surface area contributed by atoms with Crippen LogP contribution in [0.3, 0.4) is 0 Å². The molecule has 1 saturated carbocycles. The maximum Gasteiger partial charge on any atom is 0.279 e. The average molecular weight is 320 g/mol. The normalized spacial score (nSPS) is 16.3. The monoisotopic (exact) mass is 320 g/mol. The molecule has 0 aromatic heterocycles. The molecule has 0 aliphatic heterocycles. The molecule has 2 rings (SSSR count). The van der Waals surface area contributed by atoms with Gasteiger partial charge in [-0.3, -0.25) is 20.4 Å². The van der Waals surface area contributed by atoms with Gasteiger partial charge < -0.3 is 9.47 Å². The van der Waals surface area contributed by atoms with Gasteiger partial charge in [0.25, 0.3) is 5.91 Å². The van der Waals surface area contributed by atoms with E-state index in [4.69, 9.17) is 9.47 Å². The van der Waals surface area contributed by atoms with Crippen molar-refractivity contribution in [2.24, 2.45) is 5.92 Å². The van der Waals surface area contributed by atoms with Crippen LogP contribution in [0.1, 0.15) is 39.0 Å². The summed E-state index contributed by atoms with van der Waals surface area (Å²) in [5.74, 6) is 0.506. The first-order chi connectivity index (χ1) is 11.1. The van der Waals surface area contributed by atoms with Gasteiger partial charge in [0.2, 0.25) is 5.91 Å². The molecule has 1 atom stereocenters. The summed E-state index contributed by atoms with van der Waals surface area (Å²) < 4.78 is 10.8. The first-order valence-corrected chi connectivity index (χ1v) is 8.01.